The summed E-state index contributed by atoms with van der Waals surface area (Å²) in [6.07, 6.45) is 1.17. The Morgan fingerprint density at radius 3 is 2.61 bits per heavy atom. The van der Waals surface area contributed by atoms with Gasteiger partial charge in [-0.1, -0.05) is 0 Å². The second-order valence-electron chi connectivity index (χ2n) is 5.62. The van der Waals surface area contributed by atoms with Crippen LogP contribution >= 0.6 is 0 Å². The molecule has 1 N–H and O–H groups in total. The maximum absolute atomic E-state index is 11.1. The second-order valence-corrected chi connectivity index (χ2v) is 8.22. The van der Waals surface area contributed by atoms with Crippen molar-refractivity contribution in [3.05, 3.63) is 0 Å². The standard InChI is InChI=1S/C13H24O4Se/c1-9(14)17-10-8-18-11(12(2,3)16-5)6-7-13(10,4)15/h10-11,15H,6-8H2,1-5H3/t10-,11+,13+/m0/s1. The number of rotatable bonds is 3. The van der Waals surface area contributed by atoms with E-state index >= 15 is 0 Å². The number of carbonyl (C=O) groups excluding carboxylic acids is 1. The van der Waals surface area contributed by atoms with Gasteiger partial charge in [0.1, 0.15) is 0 Å². The topological polar surface area (TPSA) is 55.8 Å². The fraction of sp³-hybridized carbons (Fsp3) is 0.923. The van der Waals surface area contributed by atoms with Crippen molar-refractivity contribution in [3.8, 4) is 0 Å². The van der Waals surface area contributed by atoms with Gasteiger partial charge in [-0.2, -0.15) is 0 Å². The van der Waals surface area contributed by atoms with E-state index in [1.54, 1.807) is 14.0 Å². The van der Waals surface area contributed by atoms with E-state index in [-0.39, 0.29) is 17.7 Å². The molecule has 5 heteroatoms. The molecule has 1 rings (SSSR count). The minimum absolute atomic E-state index is 0.179. The fourth-order valence-electron chi connectivity index (χ4n) is 2.09. The van der Waals surface area contributed by atoms with Gasteiger partial charge in [-0.05, 0) is 0 Å². The van der Waals surface area contributed by atoms with Crippen molar-refractivity contribution in [1.82, 2.24) is 0 Å². The molecule has 0 spiro atoms. The van der Waals surface area contributed by atoms with Gasteiger partial charge in [-0.25, -0.2) is 0 Å². The van der Waals surface area contributed by atoms with E-state index in [9.17, 15) is 9.90 Å². The first-order valence-corrected chi connectivity index (χ1v) is 8.45. The van der Waals surface area contributed by atoms with Crippen LogP contribution in [-0.2, 0) is 14.3 Å². The van der Waals surface area contributed by atoms with E-state index in [4.69, 9.17) is 9.47 Å². The number of ether oxygens (including phenoxy) is 2. The summed E-state index contributed by atoms with van der Waals surface area (Å²) in [4.78, 5) is 11.5. The Kier molecular flexibility index (Phi) is 5.24. The van der Waals surface area contributed by atoms with Crippen LogP contribution in [-0.4, -0.2) is 50.4 Å². The zero-order valence-electron chi connectivity index (χ0n) is 11.9. The Morgan fingerprint density at radius 1 is 1.50 bits per heavy atom. The van der Waals surface area contributed by atoms with Gasteiger partial charge in [-0.3, -0.25) is 0 Å². The summed E-state index contributed by atoms with van der Waals surface area (Å²) in [5.41, 5.74) is -1.10. The first-order valence-electron chi connectivity index (χ1n) is 6.25. The van der Waals surface area contributed by atoms with Crippen LogP contribution in [0, 0.1) is 0 Å². The molecule has 1 aliphatic rings. The Balaban J connectivity index is 2.76. The molecule has 1 saturated heterocycles. The van der Waals surface area contributed by atoms with E-state index < -0.39 is 5.60 Å². The average molecular weight is 323 g/mol. The molecule has 18 heavy (non-hydrogen) atoms. The van der Waals surface area contributed by atoms with E-state index in [0.29, 0.717) is 26.2 Å². The van der Waals surface area contributed by atoms with E-state index in [1.165, 1.54) is 6.92 Å². The average Bonchev–Trinajstić information content (AvgIpc) is 2.39. The monoisotopic (exact) mass is 324 g/mol. The molecule has 3 atom stereocenters. The van der Waals surface area contributed by atoms with Crippen molar-refractivity contribution in [2.24, 2.45) is 0 Å². The van der Waals surface area contributed by atoms with Crippen molar-refractivity contribution < 1.29 is 19.4 Å². The van der Waals surface area contributed by atoms with E-state index in [1.807, 2.05) is 0 Å². The van der Waals surface area contributed by atoms with Crippen molar-refractivity contribution in [2.75, 3.05) is 7.11 Å². The van der Waals surface area contributed by atoms with Crippen LogP contribution in [0.4, 0.5) is 0 Å². The summed E-state index contributed by atoms with van der Waals surface area (Å²) in [6, 6.07) is 0. The van der Waals surface area contributed by atoms with Crippen LogP contribution in [0.2, 0.25) is 10.1 Å². The van der Waals surface area contributed by atoms with Crippen LogP contribution in [0.5, 0.6) is 0 Å². The molecule has 0 radical (unpaired) electrons. The number of aliphatic hydroxyl groups is 1. The summed E-state index contributed by atoms with van der Waals surface area (Å²) >= 11 is 0.292. The van der Waals surface area contributed by atoms with Gasteiger partial charge in [-0.15, -0.1) is 0 Å². The molecule has 106 valence electrons. The number of carbonyl (C=O) groups is 1. The van der Waals surface area contributed by atoms with Gasteiger partial charge in [0.2, 0.25) is 0 Å². The second kappa shape index (κ2) is 5.91. The Bertz CT molecular complexity index is 301. The third-order valence-electron chi connectivity index (χ3n) is 3.66. The first-order chi connectivity index (χ1) is 8.19. The van der Waals surface area contributed by atoms with Crippen molar-refractivity contribution in [2.45, 2.75) is 68.0 Å². The molecule has 0 aromatic heterocycles. The number of methoxy groups -OCH3 is 1. The minimum atomic E-state index is -0.925. The molecule has 0 unspecified atom stereocenters. The van der Waals surface area contributed by atoms with Crippen LogP contribution in [0.25, 0.3) is 0 Å². The van der Waals surface area contributed by atoms with Crippen molar-refractivity contribution in [3.63, 3.8) is 0 Å². The molecule has 1 aliphatic heterocycles. The molecule has 0 amide bonds. The Hall–Kier alpha value is -0.0905. The normalized spacial score (nSPS) is 33.9. The molecule has 4 nitrogen and oxygen atoms in total. The summed E-state index contributed by atoms with van der Waals surface area (Å²) in [7, 11) is 1.72. The summed E-state index contributed by atoms with van der Waals surface area (Å²) < 4.78 is 10.8. The predicted octanol–water partition coefficient (Wildman–Crippen LogP) is 1.80. The SMILES string of the molecule is COC(C)(C)[C@H]1CC[C@@](C)(O)[C@@H](OC(C)=O)C[Se]1. The van der Waals surface area contributed by atoms with Crippen LogP contribution in [0.15, 0.2) is 0 Å². The molecule has 0 bridgehead atoms. The summed E-state index contributed by atoms with van der Waals surface area (Å²) in [5.74, 6) is -0.319. The Morgan fingerprint density at radius 2 is 2.11 bits per heavy atom. The zero-order chi connectivity index (χ0) is 14.0. The number of hydrogen-bond acceptors (Lipinski definition) is 4. The summed E-state index contributed by atoms with van der Waals surface area (Å²) in [6.45, 7) is 7.32. The van der Waals surface area contributed by atoms with Crippen molar-refractivity contribution in [1.29, 1.82) is 0 Å². The maximum atomic E-state index is 11.1. The molecule has 1 fully saturated rings. The first kappa shape index (κ1) is 16.0. The van der Waals surface area contributed by atoms with Gasteiger partial charge < -0.3 is 0 Å². The molecule has 0 aromatic carbocycles. The molecular formula is C13H24O4Se. The van der Waals surface area contributed by atoms with Crippen LogP contribution in [0.3, 0.4) is 0 Å². The van der Waals surface area contributed by atoms with Gasteiger partial charge in [0.05, 0.1) is 0 Å². The zero-order valence-corrected chi connectivity index (χ0v) is 13.6. The van der Waals surface area contributed by atoms with Gasteiger partial charge in [0, 0.05) is 0 Å². The third-order valence-corrected chi connectivity index (χ3v) is 7.23. The van der Waals surface area contributed by atoms with E-state index in [0.717, 1.165) is 11.7 Å². The molecular weight excluding hydrogens is 299 g/mol. The van der Waals surface area contributed by atoms with Crippen molar-refractivity contribution >= 4 is 20.9 Å². The number of esters is 1. The van der Waals surface area contributed by atoms with Gasteiger partial charge in [0.15, 0.2) is 0 Å². The van der Waals surface area contributed by atoms with E-state index in [2.05, 4.69) is 13.8 Å². The summed E-state index contributed by atoms with van der Waals surface area (Å²) in [5, 5.41) is 11.2. The molecule has 1 heterocycles. The van der Waals surface area contributed by atoms with Gasteiger partial charge >= 0.3 is 115 Å². The predicted molar refractivity (Wildman–Crippen MR) is 70.8 cm³/mol. The molecule has 0 saturated carbocycles. The van der Waals surface area contributed by atoms with Crippen LogP contribution in [0.1, 0.15) is 40.5 Å². The molecule has 0 aromatic rings. The third kappa shape index (κ3) is 3.95. The quantitative estimate of drug-likeness (QED) is 0.636. The molecule has 0 aliphatic carbocycles. The van der Waals surface area contributed by atoms with Crippen LogP contribution < -0.4 is 0 Å². The number of hydrogen-bond donors (Lipinski definition) is 1. The Labute approximate surface area is 116 Å². The fourth-order valence-corrected chi connectivity index (χ4v) is 5.48. The van der Waals surface area contributed by atoms with Gasteiger partial charge in [0.25, 0.3) is 0 Å².